The summed E-state index contributed by atoms with van der Waals surface area (Å²) in [6.07, 6.45) is -2.12. The van der Waals surface area contributed by atoms with Gasteiger partial charge in [-0.15, -0.1) is 0 Å². The summed E-state index contributed by atoms with van der Waals surface area (Å²) in [6, 6.07) is -0.981. The number of urea groups is 1. The maximum Gasteiger partial charge on any atom is 0.406 e. The molecule has 1 saturated carbocycles. The molecule has 0 unspecified atom stereocenters. The van der Waals surface area contributed by atoms with Gasteiger partial charge >= 0.3 is 12.2 Å². The zero-order chi connectivity index (χ0) is 11.9. The minimum absolute atomic E-state index is 0.182. The summed E-state index contributed by atoms with van der Waals surface area (Å²) >= 11 is 0. The van der Waals surface area contributed by atoms with Crippen LogP contribution in [-0.4, -0.2) is 47.0 Å². The number of nitrogens with zero attached hydrogens (tertiary/aromatic N) is 2. The van der Waals surface area contributed by atoms with Crippen molar-refractivity contribution < 1.29 is 22.8 Å². The Morgan fingerprint density at radius 1 is 1.25 bits per heavy atom. The first-order valence-corrected chi connectivity index (χ1v) is 5.06. The first kappa shape index (κ1) is 11.2. The van der Waals surface area contributed by atoms with Crippen molar-refractivity contribution in [1.82, 2.24) is 9.80 Å². The number of hydrogen-bond donors (Lipinski definition) is 0. The monoisotopic (exact) mass is 236 g/mol. The van der Waals surface area contributed by atoms with E-state index in [1.165, 1.54) is 0 Å². The van der Waals surface area contributed by atoms with Gasteiger partial charge in [-0.2, -0.15) is 13.2 Å². The van der Waals surface area contributed by atoms with Crippen LogP contribution in [0.5, 0.6) is 0 Å². The van der Waals surface area contributed by atoms with E-state index >= 15 is 0 Å². The van der Waals surface area contributed by atoms with Gasteiger partial charge < -0.3 is 4.90 Å². The third-order valence-electron chi connectivity index (χ3n) is 2.88. The second-order valence-electron chi connectivity index (χ2n) is 4.10. The Bertz CT molecular complexity index is 325. The zero-order valence-electron chi connectivity index (χ0n) is 8.46. The van der Waals surface area contributed by atoms with Gasteiger partial charge in [0.05, 0.1) is 0 Å². The van der Waals surface area contributed by atoms with Crippen molar-refractivity contribution in [2.24, 2.45) is 0 Å². The van der Waals surface area contributed by atoms with Crippen LogP contribution in [0, 0.1) is 0 Å². The summed E-state index contributed by atoms with van der Waals surface area (Å²) < 4.78 is 36.3. The third-order valence-corrected chi connectivity index (χ3v) is 2.88. The molecule has 0 aromatic heterocycles. The van der Waals surface area contributed by atoms with Crippen LogP contribution in [0.2, 0.25) is 0 Å². The molecule has 4 nitrogen and oxygen atoms in total. The van der Waals surface area contributed by atoms with E-state index in [2.05, 4.69) is 0 Å². The second kappa shape index (κ2) is 3.64. The first-order valence-electron chi connectivity index (χ1n) is 5.06. The van der Waals surface area contributed by atoms with E-state index < -0.39 is 31.2 Å². The Morgan fingerprint density at radius 3 is 2.31 bits per heavy atom. The molecule has 0 N–H and O–H groups in total. The van der Waals surface area contributed by atoms with E-state index in [1.54, 1.807) is 0 Å². The van der Waals surface area contributed by atoms with Crippen LogP contribution >= 0.6 is 0 Å². The van der Waals surface area contributed by atoms with Gasteiger partial charge in [-0.3, -0.25) is 9.69 Å². The average molecular weight is 236 g/mol. The molecule has 1 aliphatic heterocycles. The number of alkyl halides is 3. The minimum atomic E-state index is -4.45. The minimum Gasteiger partial charge on any atom is -0.306 e. The summed E-state index contributed by atoms with van der Waals surface area (Å²) in [5.74, 6) is -0.515. The standard InChI is InChI=1S/C9H11F3N2O2/c10-9(11,12)5-13-4-7(15)14(8(13)16)6-2-1-3-6/h6H,1-5H2. The normalized spacial score (nSPS) is 22.9. The number of carbonyl (C=O) groups excluding carboxylic acids is 2. The SMILES string of the molecule is O=C1CN(CC(F)(F)F)C(=O)N1C1CCC1. The Morgan fingerprint density at radius 2 is 1.88 bits per heavy atom. The molecule has 2 fully saturated rings. The lowest BCUT2D eigenvalue weighted by Gasteiger charge is -2.32. The lowest BCUT2D eigenvalue weighted by molar-refractivity contribution is -0.139. The van der Waals surface area contributed by atoms with E-state index in [0.29, 0.717) is 17.7 Å². The third kappa shape index (κ3) is 1.98. The molecule has 2 rings (SSSR count). The van der Waals surface area contributed by atoms with Crippen LogP contribution in [0.15, 0.2) is 0 Å². The molecule has 1 aliphatic carbocycles. The molecule has 90 valence electrons. The van der Waals surface area contributed by atoms with Crippen LogP contribution in [-0.2, 0) is 4.79 Å². The number of hydrogen-bond acceptors (Lipinski definition) is 2. The zero-order valence-corrected chi connectivity index (χ0v) is 8.46. The maximum absolute atomic E-state index is 12.1. The van der Waals surface area contributed by atoms with Crippen molar-refractivity contribution >= 4 is 11.9 Å². The highest BCUT2D eigenvalue weighted by molar-refractivity contribution is 6.02. The van der Waals surface area contributed by atoms with Gasteiger partial charge in [-0.05, 0) is 19.3 Å². The molecule has 2 aliphatic rings. The van der Waals surface area contributed by atoms with Gasteiger partial charge in [0.1, 0.15) is 13.1 Å². The van der Waals surface area contributed by atoms with Crippen LogP contribution in [0.3, 0.4) is 0 Å². The van der Waals surface area contributed by atoms with E-state index in [0.717, 1.165) is 11.3 Å². The Kier molecular flexibility index (Phi) is 2.55. The quantitative estimate of drug-likeness (QED) is 0.679. The molecule has 3 amide bonds. The Balaban J connectivity index is 2.04. The molecule has 0 atom stereocenters. The van der Waals surface area contributed by atoms with E-state index in [1.807, 2.05) is 0 Å². The molecule has 7 heteroatoms. The summed E-state index contributed by atoms with van der Waals surface area (Å²) in [7, 11) is 0. The lowest BCUT2D eigenvalue weighted by Crippen LogP contribution is -2.45. The van der Waals surface area contributed by atoms with Crippen molar-refractivity contribution in [3.05, 3.63) is 0 Å². The molecular weight excluding hydrogens is 225 g/mol. The van der Waals surface area contributed by atoms with Gasteiger partial charge in [-0.25, -0.2) is 4.79 Å². The molecule has 1 saturated heterocycles. The second-order valence-corrected chi connectivity index (χ2v) is 4.10. The summed E-state index contributed by atoms with van der Waals surface area (Å²) in [4.78, 5) is 24.5. The largest absolute Gasteiger partial charge is 0.406 e. The van der Waals surface area contributed by atoms with Crippen molar-refractivity contribution in [2.45, 2.75) is 31.5 Å². The predicted octanol–water partition coefficient (Wildman–Crippen LogP) is 1.37. The van der Waals surface area contributed by atoms with Gasteiger partial charge in [0.2, 0.25) is 0 Å². The first-order chi connectivity index (χ1) is 7.38. The van der Waals surface area contributed by atoms with Crippen molar-refractivity contribution in [2.75, 3.05) is 13.1 Å². The van der Waals surface area contributed by atoms with Gasteiger partial charge in [0.15, 0.2) is 0 Å². The molecule has 0 radical (unpaired) electrons. The van der Waals surface area contributed by atoms with Gasteiger partial charge in [-0.1, -0.05) is 0 Å². The molecular formula is C9H11F3N2O2. The van der Waals surface area contributed by atoms with Crippen LogP contribution < -0.4 is 0 Å². The summed E-state index contributed by atoms with van der Waals surface area (Å²) in [5, 5.41) is 0. The predicted molar refractivity (Wildman–Crippen MR) is 47.5 cm³/mol. The van der Waals surface area contributed by atoms with Gasteiger partial charge in [0, 0.05) is 6.04 Å². The van der Waals surface area contributed by atoms with Crippen molar-refractivity contribution in [3.63, 3.8) is 0 Å². The van der Waals surface area contributed by atoms with E-state index in [9.17, 15) is 22.8 Å². The molecule has 0 bridgehead atoms. The highest BCUT2D eigenvalue weighted by Gasteiger charge is 2.45. The van der Waals surface area contributed by atoms with Crippen LogP contribution in [0.25, 0.3) is 0 Å². The fourth-order valence-electron chi connectivity index (χ4n) is 1.91. The fourth-order valence-corrected chi connectivity index (χ4v) is 1.91. The number of carbonyl (C=O) groups is 2. The highest BCUT2D eigenvalue weighted by Crippen LogP contribution is 2.29. The van der Waals surface area contributed by atoms with Crippen molar-refractivity contribution in [3.8, 4) is 0 Å². The van der Waals surface area contributed by atoms with Crippen LogP contribution in [0.1, 0.15) is 19.3 Å². The summed E-state index contributed by atoms with van der Waals surface area (Å²) in [5.41, 5.74) is 0. The smallest absolute Gasteiger partial charge is 0.306 e. The Hall–Kier alpha value is -1.27. The van der Waals surface area contributed by atoms with E-state index in [-0.39, 0.29) is 6.04 Å². The molecule has 0 aromatic carbocycles. The molecule has 1 heterocycles. The average Bonchev–Trinajstić information content (AvgIpc) is 2.27. The molecule has 16 heavy (non-hydrogen) atoms. The number of halogens is 3. The fraction of sp³-hybridized carbons (Fsp3) is 0.778. The van der Waals surface area contributed by atoms with Crippen molar-refractivity contribution in [1.29, 1.82) is 0 Å². The number of amides is 3. The molecule has 0 aromatic rings. The summed E-state index contributed by atoms with van der Waals surface area (Å²) in [6.45, 7) is -1.80. The van der Waals surface area contributed by atoms with E-state index in [4.69, 9.17) is 0 Å². The number of imide groups is 1. The topological polar surface area (TPSA) is 40.6 Å². The maximum atomic E-state index is 12.1. The molecule has 0 spiro atoms. The Labute approximate surface area is 90.0 Å². The number of rotatable bonds is 2. The van der Waals surface area contributed by atoms with Gasteiger partial charge in [0.25, 0.3) is 5.91 Å². The highest BCUT2D eigenvalue weighted by atomic mass is 19.4. The van der Waals surface area contributed by atoms with Crippen LogP contribution in [0.4, 0.5) is 18.0 Å². The lowest BCUT2D eigenvalue weighted by atomic mass is 9.92.